The predicted molar refractivity (Wildman–Crippen MR) is 88.3 cm³/mol. The van der Waals surface area contributed by atoms with Crippen molar-refractivity contribution >= 4 is 11.1 Å². The molecular formula is C19H22F2. The van der Waals surface area contributed by atoms with E-state index in [1.807, 2.05) is 24.3 Å². The third-order valence-corrected chi connectivity index (χ3v) is 3.64. The van der Waals surface area contributed by atoms with Gasteiger partial charge in [0, 0.05) is 12.5 Å². The minimum Gasteiger partial charge on any atom is -0.202 e. The number of allylic oxidation sites excluding steroid dienone is 5. The van der Waals surface area contributed by atoms with Crippen LogP contribution >= 0.6 is 0 Å². The van der Waals surface area contributed by atoms with E-state index in [4.69, 9.17) is 0 Å². The van der Waals surface area contributed by atoms with Gasteiger partial charge in [0.1, 0.15) is 0 Å². The number of alkyl halides is 2. The summed E-state index contributed by atoms with van der Waals surface area (Å²) in [5, 5.41) is 0. The van der Waals surface area contributed by atoms with Crippen LogP contribution < -0.4 is 0 Å². The molecule has 1 aromatic rings. The zero-order valence-corrected chi connectivity index (χ0v) is 13.0. The highest BCUT2D eigenvalue weighted by Gasteiger charge is 2.28. The summed E-state index contributed by atoms with van der Waals surface area (Å²) in [7, 11) is 0. The molecular weight excluding hydrogens is 266 g/mol. The molecule has 0 atom stereocenters. The van der Waals surface area contributed by atoms with Crippen LogP contribution in [0.3, 0.4) is 0 Å². The molecule has 0 aromatic heterocycles. The third kappa shape index (κ3) is 4.01. The average molecular weight is 288 g/mol. The molecule has 0 saturated heterocycles. The van der Waals surface area contributed by atoms with Gasteiger partial charge < -0.3 is 0 Å². The first kappa shape index (κ1) is 17.1. The van der Waals surface area contributed by atoms with Crippen molar-refractivity contribution in [2.75, 3.05) is 0 Å². The molecule has 0 heterocycles. The molecule has 0 bridgehead atoms. The van der Waals surface area contributed by atoms with E-state index in [9.17, 15) is 8.78 Å². The summed E-state index contributed by atoms with van der Waals surface area (Å²) in [6.07, 6.45) is 1.99. The van der Waals surface area contributed by atoms with Gasteiger partial charge in [-0.05, 0) is 41.2 Å². The summed E-state index contributed by atoms with van der Waals surface area (Å²) in [6, 6.07) is 7.54. The van der Waals surface area contributed by atoms with Crippen LogP contribution in [0.5, 0.6) is 0 Å². The highest BCUT2D eigenvalue weighted by Crippen LogP contribution is 2.34. The maximum atomic E-state index is 13.6. The first-order valence-electron chi connectivity index (χ1n) is 6.91. The lowest BCUT2D eigenvalue weighted by Gasteiger charge is -2.19. The first-order valence-corrected chi connectivity index (χ1v) is 6.91. The Balaban J connectivity index is 3.17. The van der Waals surface area contributed by atoms with E-state index >= 15 is 0 Å². The fraction of sp³-hybridized carbons (Fsp3) is 0.263. The Kier molecular flexibility index (Phi) is 5.42. The minimum atomic E-state index is -2.82. The summed E-state index contributed by atoms with van der Waals surface area (Å²) in [5.41, 5.74) is 3.94. The van der Waals surface area contributed by atoms with Crippen LogP contribution in [-0.2, 0) is 0 Å². The Morgan fingerprint density at radius 3 is 2.00 bits per heavy atom. The fourth-order valence-corrected chi connectivity index (χ4v) is 2.31. The monoisotopic (exact) mass is 288 g/mol. The van der Waals surface area contributed by atoms with E-state index in [0.717, 1.165) is 23.6 Å². The molecule has 0 aliphatic carbocycles. The van der Waals surface area contributed by atoms with E-state index in [0.29, 0.717) is 17.6 Å². The maximum absolute atomic E-state index is 13.6. The lowest BCUT2D eigenvalue weighted by molar-refractivity contribution is 0.0595. The zero-order valence-electron chi connectivity index (χ0n) is 13.0. The van der Waals surface area contributed by atoms with E-state index in [-0.39, 0.29) is 5.57 Å². The van der Waals surface area contributed by atoms with Crippen molar-refractivity contribution in [2.45, 2.75) is 33.1 Å². The van der Waals surface area contributed by atoms with Crippen molar-refractivity contribution < 1.29 is 8.78 Å². The van der Waals surface area contributed by atoms with Crippen LogP contribution in [-0.4, -0.2) is 5.92 Å². The van der Waals surface area contributed by atoms with Crippen molar-refractivity contribution in [1.29, 1.82) is 0 Å². The highest BCUT2D eigenvalue weighted by atomic mass is 19.3. The number of hydrogen-bond donors (Lipinski definition) is 0. The van der Waals surface area contributed by atoms with E-state index in [1.54, 1.807) is 19.9 Å². The van der Waals surface area contributed by atoms with Crippen molar-refractivity contribution in [1.82, 2.24) is 0 Å². The Labute approximate surface area is 126 Å². The number of rotatable bonds is 6. The molecule has 1 aromatic carbocycles. The van der Waals surface area contributed by atoms with Gasteiger partial charge in [0.15, 0.2) is 0 Å². The Hall–Kier alpha value is -1.96. The van der Waals surface area contributed by atoms with Gasteiger partial charge in [0.2, 0.25) is 0 Å². The highest BCUT2D eigenvalue weighted by molar-refractivity contribution is 5.79. The second kappa shape index (κ2) is 6.66. The molecule has 0 radical (unpaired) electrons. The Bertz CT molecular complexity index is 581. The van der Waals surface area contributed by atoms with Crippen LogP contribution in [0, 0.1) is 0 Å². The molecule has 112 valence electrons. The topological polar surface area (TPSA) is 0 Å². The predicted octanol–water partition coefficient (Wildman–Crippen LogP) is 6.28. The molecule has 0 aliphatic heterocycles. The molecule has 21 heavy (non-hydrogen) atoms. The zero-order chi connectivity index (χ0) is 16.2. The van der Waals surface area contributed by atoms with Crippen LogP contribution in [0.25, 0.3) is 11.1 Å². The third-order valence-electron chi connectivity index (χ3n) is 3.64. The van der Waals surface area contributed by atoms with Gasteiger partial charge in [-0.3, -0.25) is 0 Å². The lowest BCUT2D eigenvalue weighted by atomic mass is 9.91. The smallest absolute Gasteiger partial charge is 0.202 e. The maximum Gasteiger partial charge on any atom is 0.267 e. The van der Waals surface area contributed by atoms with Crippen LogP contribution in [0.1, 0.15) is 38.3 Å². The lowest BCUT2D eigenvalue weighted by Crippen LogP contribution is -2.15. The van der Waals surface area contributed by atoms with Crippen molar-refractivity contribution in [2.24, 2.45) is 0 Å². The summed E-state index contributed by atoms with van der Waals surface area (Å²) >= 11 is 0. The van der Waals surface area contributed by atoms with Gasteiger partial charge in [-0.1, -0.05) is 57.0 Å². The number of hydrogen-bond acceptors (Lipinski definition) is 0. The summed E-state index contributed by atoms with van der Waals surface area (Å²) < 4.78 is 27.2. The molecule has 0 saturated carbocycles. The molecule has 0 N–H and O–H groups in total. The molecule has 0 spiro atoms. The average Bonchev–Trinajstić information content (AvgIpc) is 2.45. The standard InChI is InChI=1S/C19H22F2/c1-7-13(3)16-9-11-17(12-10-16)14(4)15(5)18(8-2)19(6,20)21/h7,9-12H,1,3-4,8H2,2,5-6H3/b18-15+. The summed E-state index contributed by atoms with van der Waals surface area (Å²) in [6.45, 7) is 15.9. The molecule has 1 rings (SSSR count). The second-order valence-corrected chi connectivity index (χ2v) is 5.13. The van der Waals surface area contributed by atoms with Crippen LogP contribution in [0.15, 0.2) is 61.2 Å². The molecule has 0 amide bonds. The SMILES string of the molecule is C=CC(=C)c1ccc(C(=C)/C(C)=C(\CC)C(C)(F)F)cc1. The van der Waals surface area contributed by atoms with E-state index in [2.05, 4.69) is 19.7 Å². The molecule has 0 nitrogen and oxygen atoms in total. The van der Waals surface area contributed by atoms with Gasteiger partial charge in [0.25, 0.3) is 5.92 Å². The van der Waals surface area contributed by atoms with Gasteiger partial charge in [-0.2, -0.15) is 0 Å². The first-order chi connectivity index (χ1) is 9.72. The van der Waals surface area contributed by atoms with Crippen molar-refractivity contribution in [3.8, 4) is 0 Å². The van der Waals surface area contributed by atoms with Gasteiger partial charge in [-0.25, -0.2) is 8.78 Å². The quantitative estimate of drug-likeness (QED) is 0.540. The van der Waals surface area contributed by atoms with Crippen LogP contribution in [0.2, 0.25) is 0 Å². The molecule has 0 aliphatic rings. The Morgan fingerprint density at radius 2 is 1.62 bits per heavy atom. The largest absolute Gasteiger partial charge is 0.267 e. The fourth-order valence-electron chi connectivity index (χ4n) is 2.31. The minimum absolute atomic E-state index is 0.132. The normalized spacial score (nSPS) is 12.6. The number of halogens is 2. The van der Waals surface area contributed by atoms with Gasteiger partial charge in [0.05, 0.1) is 0 Å². The van der Waals surface area contributed by atoms with Crippen molar-refractivity contribution in [3.05, 3.63) is 72.4 Å². The van der Waals surface area contributed by atoms with Crippen LogP contribution in [0.4, 0.5) is 8.78 Å². The van der Waals surface area contributed by atoms with Gasteiger partial charge in [-0.15, -0.1) is 0 Å². The molecule has 0 unspecified atom stereocenters. The molecule has 2 heteroatoms. The second-order valence-electron chi connectivity index (χ2n) is 5.13. The van der Waals surface area contributed by atoms with Crippen molar-refractivity contribution in [3.63, 3.8) is 0 Å². The van der Waals surface area contributed by atoms with E-state index < -0.39 is 5.92 Å². The Morgan fingerprint density at radius 1 is 1.14 bits per heavy atom. The number of benzene rings is 1. The summed E-state index contributed by atoms with van der Waals surface area (Å²) in [5.74, 6) is -2.82. The summed E-state index contributed by atoms with van der Waals surface area (Å²) in [4.78, 5) is 0. The van der Waals surface area contributed by atoms with Gasteiger partial charge >= 0.3 is 0 Å². The van der Waals surface area contributed by atoms with E-state index in [1.165, 1.54) is 0 Å². The molecule has 0 fully saturated rings.